The Morgan fingerprint density at radius 3 is 2.35 bits per heavy atom. The molecule has 10 heteroatoms. The van der Waals surface area contributed by atoms with Crippen molar-refractivity contribution < 1.29 is 14.7 Å². The molecule has 0 bridgehead atoms. The van der Waals surface area contributed by atoms with Crippen LogP contribution in [-0.2, 0) is 16.1 Å². The summed E-state index contributed by atoms with van der Waals surface area (Å²) in [6.45, 7) is 5.81. The molecule has 1 aromatic heterocycles. The predicted molar refractivity (Wildman–Crippen MR) is 126 cm³/mol. The second-order valence-corrected chi connectivity index (χ2v) is 8.37. The molecule has 1 atom stereocenters. The third-order valence-electron chi connectivity index (χ3n) is 5.60. The van der Waals surface area contributed by atoms with Crippen LogP contribution < -0.4 is 0 Å². The molecule has 0 saturated carbocycles. The maximum absolute atomic E-state index is 12.9. The predicted octanol–water partition coefficient (Wildman–Crippen LogP) is 4.16. The van der Waals surface area contributed by atoms with Crippen molar-refractivity contribution in [2.24, 2.45) is 11.2 Å². The second kappa shape index (κ2) is 11.3. The first kappa shape index (κ1) is 24.7. The van der Waals surface area contributed by atoms with Gasteiger partial charge in [-0.05, 0) is 39.5 Å². The summed E-state index contributed by atoms with van der Waals surface area (Å²) in [6, 6.07) is 14.0. The highest BCUT2D eigenvalue weighted by atomic mass is 16.4. The average Bonchev–Trinajstić information content (AvgIpc) is 3.31. The lowest BCUT2D eigenvalue weighted by Crippen LogP contribution is -2.47. The summed E-state index contributed by atoms with van der Waals surface area (Å²) < 4.78 is 0. The number of nitroso groups, excluding NO2 is 1. The molecule has 0 saturated heterocycles. The van der Waals surface area contributed by atoms with E-state index < -0.39 is 12.0 Å². The molecule has 0 aliphatic carbocycles. The van der Waals surface area contributed by atoms with E-state index in [2.05, 4.69) is 20.8 Å². The van der Waals surface area contributed by atoms with Crippen molar-refractivity contribution in [3.63, 3.8) is 0 Å². The molecule has 0 unspecified atom stereocenters. The molecule has 3 aromatic rings. The van der Waals surface area contributed by atoms with Gasteiger partial charge < -0.3 is 10.0 Å². The summed E-state index contributed by atoms with van der Waals surface area (Å²) in [5, 5.41) is 23.6. The Bertz CT molecular complexity index is 1140. The smallest absolute Gasteiger partial charge is 0.326 e. The molecule has 1 amide bonds. The Labute approximate surface area is 197 Å². The molecule has 0 aliphatic rings. The second-order valence-electron chi connectivity index (χ2n) is 8.37. The number of carboxylic acid groups (broad SMARTS) is 1. The Morgan fingerprint density at radius 2 is 1.76 bits per heavy atom. The van der Waals surface area contributed by atoms with E-state index in [-0.39, 0.29) is 24.2 Å². The van der Waals surface area contributed by atoms with E-state index in [0.29, 0.717) is 18.4 Å². The molecular weight excluding hydrogens is 436 g/mol. The van der Waals surface area contributed by atoms with Crippen LogP contribution in [0.2, 0.25) is 0 Å². The number of tetrazole rings is 1. The lowest BCUT2D eigenvalue weighted by molar-refractivity contribution is -0.153. The van der Waals surface area contributed by atoms with Gasteiger partial charge >= 0.3 is 5.97 Å². The van der Waals surface area contributed by atoms with Crippen molar-refractivity contribution in [2.45, 2.75) is 52.6 Å². The number of benzene rings is 2. The molecule has 0 spiro atoms. The first-order chi connectivity index (χ1) is 16.4. The van der Waals surface area contributed by atoms with Gasteiger partial charge in [0.15, 0.2) is 0 Å². The first-order valence-corrected chi connectivity index (χ1v) is 11.2. The lowest BCUT2D eigenvalue weighted by Gasteiger charge is -2.32. The number of aromatic nitrogens is 4. The van der Waals surface area contributed by atoms with Crippen molar-refractivity contribution in [3.8, 4) is 22.5 Å². The van der Waals surface area contributed by atoms with Gasteiger partial charge in [-0.2, -0.15) is 0 Å². The van der Waals surface area contributed by atoms with E-state index in [9.17, 15) is 19.6 Å². The van der Waals surface area contributed by atoms with Crippen LogP contribution in [0.25, 0.3) is 22.5 Å². The van der Waals surface area contributed by atoms with Gasteiger partial charge in [0.2, 0.25) is 11.7 Å². The molecule has 0 fully saturated rings. The molecule has 2 aromatic carbocycles. The number of carboxylic acids is 1. The maximum atomic E-state index is 12.9. The zero-order chi connectivity index (χ0) is 24.7. The third-order valence-corrected chi connectivity index (χ3v) is 5.60. The van der Waals surface area contributed by atoms with E-state index in [1.54, 1.807) is 19.9 Å². The van der Waals surface area contributed by atoms with Gasteiger partial charge in [-0.1, -0.05) is 80.5 Å². The van der Waals surface area contributed by atoms with Crippen LogP contribution in [0.15, 0.2) is 53.8 Å². The summed E-state index contributed by atoms with van der Waals surface area (Å²) in [7, 11) is 0. The van der Waals surface area contributed by atoms with Crippen molar-refractivity contribution in [1.82, 2.24) is 25.2 Å². The largest absolute Gasteiger partial charge is 0.480 e. The molecule has 1 heterocycles. The standard InChI is InChI=1S/C24H28N6O4/c1-4-5-10-21(31)29(22(16(2)3)24(32)33)15-17-11-13-18(14-12-17)19-8-6-7-9-20(19)23-25-26-27-30(23)28-34/h6-9,11-14,16,22H,4-5,10,15H2,1-3H3,(H,32,33)/t22-/m0/s1. The monoisotopic (exact) mass is 464 g/mol. The minimum Gasteiger partial charge on any atom is -0.480 e. The van der Waals surface area contributed by atoms with Gasteiger partial charge in [-0.25, -0.2) is 4.79 Å². The minimum absolute atomic E-state index is 0.162. The average molecular weight is 465 g/mol. The molecule has 0 radical (unpaired) electrons. The SMILES string of the molecule is CCCCC(=O)N(Cc1ccc(-c2ccccc2-c2nnnn2N=O)cc1)[C@H](C(=O)O)C(C)C. The van der Waals surface area contributed by atoms with Crippen LogP contribution in [0.1, 0.15) is 45.6 Å². The molecule has 178 valence electrons. The molecule has 3 rings (SSSR count). The quantitative estimate of drug-likeness (QED) is 0.421. The Kier molecular flexibility index (Phi) is 8.18. The summed E-state index contributed by atoms with van der Waals surface area (Å²) in [5.41, 5.74) is 3.11. The maximum Gasteiger partial charge on any atom is 0.326 e. The molecule has 0 aliphatic heterocycles. The summed E-state index contributed by atoms with van der Waals surface area (Å²) in [4.78, 5) is 38.2. The minimum atomic E-state index is -1.01. The highest BCUT2D eigenvalue weighted by Crippen LogP contribution is 2.31. The Balaban J connectivity index is 1.91. The van der Waals surface area contributed by atoms with Crippen LogP contribution >= 0.6 is 0 Å². The number of carbonyl (C=O) groups is 2. The zero-order valence-electron chi connectivity index (χ0n) is 19.5. The van der Waals surface area contributed by atoms with Gasteiger partial charge in [0, 0.05) is 18.5 Å². The van der Waals surface area contributed by atoms with Crippen molar-refractivity contribution >= 4 is 11.9 Å². The van der Waals surface area contributed by atoms with Crippen LogP contribution in [-0.4, -0.2) is 48.2 Å². The third kappa shape index (κ3) is 5.51. The van der Waals surface area contributed by atoms with Crippen molar-refractivity contribution in [1.29, 1.82) is 0 Å². The van der Waals surface area contributed by atoms with E-state index >= 15 is 0 Å². The fourth-order valence-corrected chi connectivity index (χ4v) is 3.91. The summed E-state index contributed by atoms with van der Waals surface area (Å²) in [6.07, 6.45) is 1.89. The van der Waals surface area contributed by atoms with Gasteiger partial charge in [0.25, 0.3) is 0 Å². The number of hydrogen-bond donors (Lipinski definition) is 1. The number of hydrogen-bond acceptors (Lipinski definition) is 7. The van der Waals surface area contributed by atoms with Gasteiger partial charge in [0.05, 0.1) is 5.29 Å². The number of rotatable bonds is 11. The van der Waals surface area contributed by atoms with E-state index in [1.165, 1.54) is 4.90 Å². The van der Waals surface area contributed by atoms with Crippen LogP contribution in [0, 0.1) is 10.8 Å². The van der Waals surface area contributed by atoms with Crippen molar-refractivity contribution in [2.75, 3.05) is 0 Å². The van der Waals surface area contributed by atoms with Crippen LogP contribution in [0.4, 0.5) is 0 Å². The van der Waals surface area contributed by atoms with Crippen molar-refractivity contribution in [3.05, 3.63) is 59.0 Å². The van der Waals surface area contributed by atoms with E-state index in [1.807, 2.05) is 49.4 Å². The molecule has 34 heavy (non-hydrogen) atoms. The van der Waals surface area contributed by atoms with Gasteiger partial charge in [0.1, 0.15) is 6.04 Å². The lowest BCUT2D eigenvalue weighted by atomic mass is 9.97. The normalized spacial score (nSPS) is 11.9. The highest BCUT2D eigenvalue weighted by molar-refractivity contribution is 5.84. The highest BCUT2D eigenvalue weighted by Gasteiger charge is 2.32. The Morgan fingerprint density at radius 1 is 1.09 bits per heavy atom. The van der Waals surface area contributed by atoms with Crippen LogP contribution in [0.5, 0.6) is 0 Å². The summed E-state index contributed by atoms with van der Waals surface area (Å²) in [5.74, 6) is -1.17. The number of nitrogens with zero attached hydrogens (tertiary/aromatic N) is 6. The first-order valence-electron chi connectivity index (χ1n) is 11.2. The number of aliphatic carboxylic acids is 1. The molecular formula is C24H28N6O4. The van der Waals surface area contributed by atoms with Gasteiger partial charge in [-0.15, -0.1) is 10.0 Å². The van der Waals surface area contributed by atoms with E-state index in [0.717, 1.165) is 27.9 Å². The zero-order valence-corrected chi connectivity index (χ0v) is 19.5. The number of unbranched alkanes of at least 4 members (excludes halogenated alkanes) is 1. The Hall–Kier alpha value is -3.95. The number of amides is 1. The fraction of sp³-hybridized carbons (Fsp3) is 0.375. The number of carbonyl (C=O) groups excluding carboxylic acids is 1. The molecule has 1 N–H and O–H groups in total. The fourth-order valence-electron chi connectivity index (χ4n) is 3.91. The van der Waals surface area contributed by atoms with Crippen LogP contribution in [0.3, 0.4) is 0 Å². The summed E-state index contributed by atoms with van der Waals surface area (Å²) >= 11 is 0. The topological polar surface area (TPSA) is 131 Å². The molecule has 10 nitrogen and oxygen atoms in total. The van der Waals surface area contributed by atoms with Gasteiger partial charge in [-0.3, -0.25) is 4.79 Å². The van der Waals surface area contributed by atoms with E-state index in [4.69, 9.17) is 0 Å².